The van der Waals surface area contributed by atoms with Gasteiger partial charge in [0.15, 0.2) is 0 Å². The SMILES string of the molecule is CCN1C(=O)CS[C@@H]1c1cn(Cc2ccccc2C)nn1. The summed E-state index contributed by atoms with van der Waals surface area (Å²) in [7, 11) is 0. The van der Waals surface area contributed by atoms with Crippen LogP contribution in [0.3, 0.4) is 0 Å². The van der Waals surface area contributed by atoms with E-state index >= 15 is 0 Å². The number of thioether (sulfide) groups is 1. The van der Waals surface area contributed by atoms with Crippen LogP contribution in [0.1, 0.15) is 29.1 Å². The third-order valence-corrected chi connectivity index (χ3v) is 4.94. The van der Waals surface area contributed by atoms with Crippen LogP contribution in [0, 0.1) is 6.92 Å². The first kappa shape index (κ1) is 14.1. The largest absolute Gasteiger partial charge is 0.324 e. The molecule has 1 saturated heterocycles. The predicted molar refractivity (Wildman–Crippen MR) is 82.9 cm³/mol. The summed E-state index contributed by atoms with van der Waals surface area (Å²) in [5, 5.41) is 8.47. The molecule has 2 heterocycles. The van der Waals surface area contributed by atoms with Crippen molar-refractivity contribution >= 4 is 17.7 Å². The van der Waals surface area contributed by atoms with Crippen molar-refractivity contribution in [2.45, 2.75) is 25.8 Å². The Balaban J connectivity index is 1.78. The van der Waals surface area contributed by atoms with Gasteiger partial charge >= 0.3 is 0 Å². The molecule has 21 heavy (non-hydrogen) atoms. The minimum atomic E-state index is 0.00752. The van der Waals surface area contributed by atoms with E-state index in [1.54, 1.807) is 11.8 Å². The third kappa shape index (κ3) is 2.81. The molecule has 0 saturated carbocycles. The number of carbonyl (C=O) groups excluding carboxylic acids is 1. The van der Waals surface area contributed by atoms with Crippen LogP contribution in [0.4, 0.5) is 0 Å². The fraction of sp³-hybridized carbons (Fsp3) is 0.400. The highest BCUT2D eigenvalue weighted by molar-refractivity contribution is 8.00. The van der Waals surface area contributed by atoms with Crippen LogP contribution in [0.5, 0.6) is 0 Å². The Hall–Kier alpha value is -1.82. The number of benzene rings is 1. The van der Waals surface area contributed by atoms with E-state index in [4.69, 9.17) is 0 Å². The molecule has 0 bridgehead atoms. The number of hydrogen-bond acceptors (Lipinski definition) is 4. The zero-order chi connectivity index (χ0) is 14.8. The molecular formula is C15H18N4OS. The molecule has 2 aromatic rings. The smallest absolute Gasteiger partial charge is 0.233 e. The lowest BCUT2D eigenvalue weighted by molar-refractivity contribution is -0.127. The van der Waals surface area contributed by atoms with Crippen molar-refractivity contribution in [3.63, 3.8) is 0 Å². The third-order valence-electron chi connectivity index (χ3n) is 3.71. The van der Waals surface area contributed by atoms with Crippen molar-refractivity contribution in [2.75, 3.05) is 12.3 Å². The summed E-state index contributed by atoms with van der Waals surface area (Å²) in [5.41, 5.74) is 3.34. The predicted octanol–water partition coefficient (Wildman–Crippen LogP) is 2.23. The van der Waals surface area contributed by atoms with Crippen molar-refractivity contribution in [1.29, 1.82) is 0 Å². The normalized spacial score (nSPS) is 18.5. The van der Waals surface area contributed by atoms with Crippen molar-refractivity contribution in [1.82, 2.24) is 19.9 Å². The highest BCUT2D eigenvalue weighted by atomic mass is 32.2. The molecule has 1 fully saturated rings. The molecule has 3 rings (SSSR count). The molecule has 1 aromatic carbocycles. The van der Waals surface area contributed by atoms with Gasteiger partial charge in [-0.05, 0) is 25.0 Å². The molecule has 110 valence electrons. The van der Waals surface area contributed by atoms with Crippen LogP contribution in [0.2, 0.25) is 0 Å². The van der Waals surface area contributed by atoms with Crippen molar-refractivity contribution in [3.05, 3.63) is 47.3 Å². The number of hydrogen-bond donors (Lipinski definition) is 0. The maximum atomic E-state index is 11.8. The highest BCUT2D eigenvalue weighted by Gasteiger charge is 2.33. The zero-order valence-electron chi connectivity index (χ0n) is 12.2. The maximum Gasteiger partial charge on any atom is 0.233 e. The van der Waals surface area contributed by atoms with E-state index < -0.39 is 0 Å². The van der Waals surface area contributed by atoms with Crippen molar-refractivity contribution < 1.29 is 4.79 Å². The van der Waals surface area contributed by atoms with E-state index in [9.17, 15) is 4.79 Å². The number of carbonyl (C=O) groups is 1. The van der Waals surface area contributed by atoms with E-state index in [1.807, 2.05) is 34.8 Å². The zero-order valence-corrected chi connectivity index (χ0v) is 13.0. The highest BCUT2D eigenvalue weighted by Crippen LogP contribution is 2.37. The topological polar surface area (TPSA) is 51.0 Å². The van der Waals surface area contributed by atoms with Gasteiger partial charge in [0, 0.05) is 6.54 Å². The van der Waals surface area contributed by atoms with Crippen molar-refractivity contribution in [3.8, 4) is 0 Å². The van der Waals surface area contributed by atoms with Gasteiger partial charge in [0.25, 0.3) is 0 Å². The lowest BCUT2D eigenvalue weighted by atomic mass is 10.1. The van der Waals surface area contributed by atoms with Gasteiger partial charge in [-0.15, -0.1) is 16.9 Å². The summed E-state index contributed by atoms with van der Waals surface area (Å²) in [6, 6.07) is 8.26. The van der Waals surface area contributed by atoms with Crippen LogP contribution in [-0.4, -0.2) is 38.1 Å². The average Bonchev–Trinajstić information content (AvgIpc) is 3.07. The molecule has 0 radical (unpaired) electrons. The van der Waals surface area contributed by atoms with Crippen molar-refractivity contribution in [2.24, 2.45) is 0 Å². The van der Waals surface area contributed by atoms with Gasteiger partial charge in [-0.25, -0.2) is 4.68 Å². The van der Waals surface area contributed by atoms with Crippen LogP contribution >= 0.6 is 11.8 Å². The fourth-order valence-electron chi connectivity index (χ4n) is 2.51. The molecule has 1 amide bonds. The summed E-state index contributed by atoms with van der Waals surface area (Å²) < 4.78 is 1.84. The fourth-order valence-corrected chi connectivity index (χ4v) is 3.70. The first-order chi connectivity index (χ1) is 10.2. The molecule has 0 aliphatic carbocycles. The molecule has 0 N–H and O–H groups in total. The molecule has 1 aliphatic heterocycles. The van der Waals surface area contributed by atoms with Gasteiger partial charge in [-0.3, -0.25) is 4.79 Å². The Morgan fingerprint density at radius 1 is 1.38 bits per heavy atom. The Bertz CT molecular complexity index is 655. The van der Waals surface area contributed by atoms with E-state index in [0.29, 0.717) is 18.8 Å². The van der Waals surface area contributed by atoms with E-state index in [1.165, 1.54) is 11.1 Å². The second-order valence-electron chi connectivity index (χ2n) is 5.11. The lowest BCUT2D eigenvalue weighted by Crippen LogP contribution is -2.27. The Kier molecular flexibility index (Phi) is 3.96. The van der Waals surface area contributed by atoms with Gasteiger partial charge in [0.1, 0.15) is 11.1 Å². The van der Waals surface area contributed by atoms with Gasteiger partial charge in [-0.2, -0.15) is 0 Å². The molecule has 1 aliphatic rings. The standard InChI is InChI=1S/C15H18N4OS/c1-3-19-14(20)10-21-15(19)13-9-18(17-16-13)8-12-7-5-4-6-11(12)2/h4-7,9,15H,3,8,10H2,1-2H3/t15-/m1/s1. The molecule has 0 unspecified atom stereocenters. The summed E-state index contributed by atoms with van der Waals surface area (Å²) in [5.74, 6) is 0.712. The Morgan fingerprint density at radius 2 is 2.19 bits per heavy atom. The maximum absolute atomic E-state index is 11.8. The molecular weight excluding hydrogens is 284 g/mol. The molecule has 6 heteroatoms. The van der Waals surface area contributed by atoms with E-state index in [-0.39, 0.29) is 11.3 Å². The number of amides is 1. The van der Waals surface area contributed by atoms with Crippen LogP contribution in [0.15, 0.2) is 30.5 Å². The van der Waals surface area contributed by atoms with Crippen LogP contribution < -0.4 is 0 Å². The van der Waals surface area contributed by atoms with Gasteiger partial charge in [0.2, 0.25) is 5.91 Å². The number of aromatic nitrogens is 3. The summed E-state index contributed by atoms with van der Waals surface area (Å²) >= 11 is 1.62. The summed E-state index contributed by atoms with van der Waals surface area (Å²) in [4.78, 5) is 13.6. The van der Waals surface area contributed by atoms with E-state index in [2.05, 4.69) is 29.4 Å². The van der Waals surface area contributed by atoms with Gasteiger partial charge in [-0.1, -0.05) is 29.5 Å². The quantitative estimate of drug-likeness (QED) is 0.869. The van der Waals surface area contributed by atoms with Gasteiger partial charge in [0.05, 0.1) is 18.5 Å². The van der Waals surface area contributed by atoms with Crippen LogP contribution in [-0.2, 0) is 11.3 Å². The second-order valence-corrected chi connectivity index (χ2v) is 6.18. The number of aryl methyl sites for hydroxylation is 1. The second kappa shape index (κ2) is 5.89. The monoisotopic (exact) mass is 302 g/mol. The molecule has 1 atom stereocenters. The summed E-state index contributed by atoms with van der Waals surface area (Å²) in [6.45, 7) is 5.50. The lowest BCUT2D eigenvalue weighted by Gasteiger charge is -2.19. The number of nitrogens with zero attached hydrogens (tertiary/aromatic N) is 4. The molecule has 1 aromatic heterocycles. The Labute approximate surface area is 128 Å². The minimum Gasteiger partial charge on any atom is -0.324 e. The first-order valence-electron chi connectivity index (χ1n) is 7.04. The molecule has 5 nitrogen and oxygen atoms in total. The van der Waals surface area contributed by atoms with E-state index in [0.717, 1.165) is 5.69 Å². The molecule has 0 spiro atoms. The minimum absolute atomic E-state index is 0.00752. The average molecular weight is 302 g/mol. The first-order valence-corrected chi connectivity index (χ1v) is 8.09. The number of rotatable bonds is 4. The van der Waals surface area contributed by atoms with Crippen LogP contribution in [0.25, 0.3) is 0 Å². The summed E-state index contributed by atoms with van der Waals surface area (Å²) in [6.07, 6.45) is 1.95. The Morgan fingerprint density at radius 3 is 2.95 bits per heavy atom. The van der Waals surface area contributed by atoms with Gasteiger partial charge < -0.3 is 4.90 Å².